The van der Waals surface area contributed by atoms with Gasteiger partial charge in [0, 0.05) is 37.4 Å². The third-order valence-electron chi connectivity index (χ3n) is 4.34. The van der Waals surface area contributed by atoms with Gasteiger partial charge in [0.1, 0.15) is 0 Å². The maximum Gasteiger partial charge on any atom is 0.253 e. The molecule has 1 unspecified atom stereocenters. The molecule has 1 saturated heterocycles. The molecular formula is C17H27N3O. The molecule has 1 atom stereocenters. The van der Waals surface area contributed by atoms with Crippen LogP contribution in [-0.4, -0.2) is 55.5 Å². The maximum absolute atomic E-state index is 12.6. The highest BCUT2D eigenvalue weighted by Gasteiger charge is 2.24. The van der Waals surface area contributed by atoms with E-state index in [1.807, 2.05) is 37.1 Å². The van der Waals surface area contributed by atoms with Gasteiger partial charge in [-0.1, -0.05) is 0 Å². The molecule has 0 saturated carbocycles. The van der Waals surface area contributed by atoms with Crippen LogP contribution in [0.25, 0.3) is 0 Å². The average molecular weight is 289 g/mol. The van der Waals surface area contributed by atoms with E-state index in [4.69, 9.17) is 0 Å². The van der Waals surface area contributed by atoms with Gasteiger partial charge in [0.15, 0.2) is 0 Å². The van der Waals surface area contributed by atoms with Gasteiger partial charge in [0.25, 0.3) is 5.91 Å². The van der Waals surface area contributed by atoms with E-state index >= 15 is 0 Å². The molecule has 4 heteroatoms. The molecule has 0 spiro atoms. The van der Waals surface area contributed by atoms with Gasteiger partial charge < -0.3 is 15.1 Å². The van der Waals surface area contributed by atoms with Crippen LogP contribution >= 0.6 is 0 Å². The van der Waals surface area contributed by atoms with Crippen molar-refractivity contribution in [2.75, 3.05) is 39.0 Å². The van der Waals surface area contributed by atoms with Crippen molar-refractivity contribution in [1.29, 1.82) is 0 Å². The van der Waals surface area contributed by atoms with E-state index in [-0.39, 0.29) is 5.91 Å². The Kier molecular flexibility index (Phi) is 5.23. The highest BCUT2D eigenvalue weighted by Crippen LogP contribution is 2.19. The second-order valence-electron chi connectivity index (χ2n) is 6.02. The number of hydrogen-bond donors (Lipinski definition) is 1. The summed E-state index contributed by atoms with van der Waals surface area (Å²) in [5.41, 5.74) is 2.91. The zero-order valence-electron chi connectivity index (χ0n) is 13.6. The summed E-state index contributed by atoms with van der Waals surface area (Å²) >= 11 is 0. The summed E-state index contributed by atoms with van der Waals surface area (Å²) in [6, 6.07) is 6.47. The Morgan fingerprint density at radius 2 is 2.24 bits per heavy atom. The van der Waals surface area contributed by atoms with Crippen LogP contribution in [0, 0.1) is 6.92 Å². The first kappa shape index (κ1) is 15.8. The molecule has 21 heavy (non-hydrogen) atoms. The molecule has 4 nitrogen and oxygen atoms in total. The van der Waals surface area contributed by atoms with E-state index in [2.05, 4.69) is 24.2 Å². The molecular weight excluding hydrogens is 262 g/mol. The molecule has 2 rings (SSSR count). The fourth-order valence-electron chi connectivity index (χ4n) is 3.03. The lowest BCUT2D eigenvalue weighted by Gasteiger charge is -2.26. The normalized spacial score (nSPS) is 18.8. The summed E-state index contributed by atoms with van der Waals surface area (Å²) in [5.74, 6) is 0.121. The van der Waals surface area contributed by atoms with Crippen LogP contribution in [0.2, 0.25) is 0 Å². The number of amides is 1. The van der Waals surface area contributed by atoms with Crippen molar-refractivity contribution in [1.82, 2.24) is 9.80 Å². The zero-order valence-corrected chi connectivity index (χ0v) is 13.6. The standard InChI is InChI=1S/C17H27N3O/c1-5-18-14-8-9-16(13(2)11-14)17(21)20(4)12-15-7-6-10-19(15)3/h8-9,11,15,18H,5-7,10,12H2,1-4H3. The number of anilines is 1. The molecule has 1 aromatic rings. The van der Waals surface area contributed by atoms with Crippen LogP contribution in [-0.2, 0) is 0 Å². The van der Waals surface area contributed by atoms with Crippen molar-refractivity contribution in [3.8, 4) is 0 Å². The van der Waals surface area contributed by atoms with Gasteiger partial charge in [-0.2, -0.15) is 0 Å². The van der Waals surface area contributed by atoms with E-state index < -0.39 is 0 Å². The molecule has 0 bridgehead atoms. The van der Waals surface area contributed by atoms with Gasteiger partial charge in [-0.15, -0.1) is 0 Å². The molecule has 1 fully saturated rings. The molecule has 0 radical (unpaired) electrons. The largest absolute Gasteiger partial charge is 0.385 e. The Labute approximate surface area is 128 Å². The Balaban J connectivity index is 2.04. The van der Waals surface area contributed by atoms with Gasteiger partial charge in [-0.3, -0.25) is 4.79 Å². The molecule has 0 aromatic heterocycles. The number of carbonyl (C=O) groups excluding carboxylic acids is 1. The predicted molar refractivity (Wildman–Crippen MR) is 88.0 cm³/mol. The SMILES string of the molecule is CCNc1ccc(C(=O)N(C)CC2CCCN2C)c(C)c1. The molecule has 1 aliphatic heterocycles. The van der Waals surface area contributed by atoms with Crippen molar-refractivity contribution in [2.45, 2.75) is 32.7 Å². The number of nitrogens with one attached hydrogen (secondary N) is 1. The average Bonchev–Trinajstić information content (AvgIpc) is 2.84. The van der Waals surface area contributed by atoms with Crippen LogP contribution in [0.5, 0.6) is 0 Å². The molecule has 0 aliphatic carbocycles. The number of nitrogens with zero attached hydrogens (tertiary/aromatic N) is 2. The van der Waals surface area contributed by atoms with Gasteiger partial charge in [-0.05, 0) is 64.0 Å². The Bertz CT molecular complexity index is 501. The van der Waals surface area contributed by atoms with Crippen LogP contribution in [0.3, 0.4) is 0 Å². The van der Waals surface area contributed by atoms with Gasteiger partial charge in [0.05, 0.1) is 0 Å². The molecule has 1 amide bonds. The summed E-state index contributed by atoms with van der Waals surface area (Å²) in [4.78, 5) is 16.8. The van der Waals surface area contributed by atoms with E-state index in [1.165, 1.54) is 12.8 Å². The molecule has 1 heterocycles. The minimum absolute atomic E-state index is 0.121. The number of carbonyl (C=O) groups is 1. The Morgan fingerprint density at radius 3 is 2.81 bits per heavy atom. The lowest BCUT2D eigenvalue weighted by Crippen LogP contribution is -2.39. The highest BCUT2D eigenvalue weighted by molar-refractivity contribution is 5.96. The van der Waals surface area contributed by atoms with Crippen molar-refractivity contribution in [3.63, 3.8) is 0 Å². The van der Waals surface area contributed by atoms with E-state index in [9.17, 15) is 4.79 Å². The highest BCUT2D eigenvalue weighted by atomic mass is 16.2. The summed E-state index contributed by atoms with van der Waals surface area (Å²) in [6.07, 6.45) is 2.42. The van der Waals surface area contributed by atoms with Crippen molar-refractivity contribution < 1.29 is 4.79 Å². The number of likely N-dealkylation sites (tertiary alicyclic amines) is 1. The first-order chi connectivity index (χ1) is 10.0. The van der Waals surface area contributed by atoms with Crippen molar-refractivity contribution in [3.05, 3.63) is 29.3 Å². The summed E-state index contributed by atoms with van der Waals surface area (Å²) in [6.45, 7) is 6.91. The fourth-order valence-corrected chi connectivity index (χ4v) is 3.03. The number of rotatable bonds is 5. The number of benzene rings is 1. The van der Waals surface area contributed by atoms with E-state index in [0.29, 0.717) is 6.04 Å². The second kappa shape index (κ2) is 6.94. The lowest BCUT2D eigenvalue weighted by molar-refractivity contribution is 0.0761. The van der Waals surface area contributed by atoms with Crippen LogP contribution in [0.15, 0.2) is 18.2 Å². The quantitative estimate of drug-likeness (QED) is 0.905. The Hall–Kier alpha value is -1.55. The van der Waals surface area contributed by atoms with Gasteiger partial charge in [-0.25, -0.2) is 0 Å². The summed E-state index contributed by atoms with van der Waals surface area (Å²) in [7, 11) is 4.05. The predicted octanol–water partition coefficient (Wildman–Crippen LogP) is 2.59. The molecule has 1 aromatic carbocycles. The third-order valence-corrected chi connectivity index (χ3v) is 4.34. The van der Waals surface area contributed by atoms with Crippen LogP contribution in [0.4, 0.5) is 5.69 Å². The molecule has 1 N–H and O–H groups in total. The van der Waals surface area contributed by atoms with E-state index in [1.54, 1.807) is 0 Å². The zero-order chi connectivity index (χ0) is 15.4. The van der Waals surface area contributed by atoms with E-state index in [0.717, 1.165) is 36.4 Å². The van der Waals surface area contributed by atoms with Crippen LogP contribution < -0.4 is 5.32 Å². The van der Waals surface area contributed by atoms with Crippen LogP contribution in [0.1, 0.15) is 35.7 Å². The fraction of sp³-hybridized carbons (Fsp3) is 0.588. The topological polar surface area (TPSA) is 35.6 Å². The smallest absolute Gasteiger partial charge is 0.253 e. The number of hydrogen-bond acceptors (Lipinski definition) is 3. The van der Waals surface area contributed by atoms with Crippen molar-refractivity contribution in [2.24, 2.45) is 0 Å². The minimum atomic E-state index is 0.121. The summed E-state index contributed by atoms with van der Waals surface area (Å²) in [5, 5.41) is 3.28. The van der Waals surface area contributed by atoms with Gasteiger partial charge >= 0.3 is 0 Å². The lowest BCUT2D eigenvalue weighted by atomic mass is 10.1. The maximum atomic E-state index is 12.6. The molecule has 1 aliphatic rings. The van der Waals surface area contributed by atoms with Crippen molar-refractivity contribution >= 4 is 11.6 Å². The van der Waals surface area contributed by atoms with Gasteiger partial charge in [0.2, 0.25) is 0 Å². The minimum Gasteiger partial charge on any atom is -0.385 e. The monoisotopic (exact) mass is 289 g/mol. The first-order valence-electron chi connectivity index (χ1n) is 7.83. The number of aryl methyl sites for hydroxylation is 1. The third kappa shape index (κ3) is 3.76. The number of likely N-dealkylation sites (N-methyl/N-ethyl adjacent to an activating group) is 2. The Morgan fingerprint density at radius 1 is 1.48 bits per heavy atom. The first-order valence-corrected chi connectivity index (χ1v) is 7.83. The molecule has 116 valence electrons. The summed E-state index contributed by atoms with van der Waals surface area (Å²) < 4.78 is 0. The second-order valence-corrected chi connectivity index (χ2v) is 6.02.